The minimum atomic E-state index is -0.495. The Hall–Kier alpha value is -1.55. The van der Waals surface area contributed by atoms with Gasteiger partial charge in [0.15, 0.2) is 0 Å². The number of amides is 1. The lowest BCUT2D eigenvalue weighted by Crippen LogP contribution is -2.29. The van der Waals surface area contributed by atoms with Crippen LogP contribution in [0.15, 0.2) is 18.2 Å². The van der Waals surface area contributed by atoms with Gasteiger partial charge in [0, 0.05) is 31.4 Å². The summed E-state index contributed by atoms with van der Waals surface area (Å²) in [6.07, 6.45) is 5.18. The number of hydrogen-bond acceptors (Lipinski definition) is 3. The molecule has 1 aliphatic heterocycles. The second kappa shape index (κ2) is 4.53. The molecule has 3 rings (SSSR count). The van der Waals surface area contributed by atoms with Crippen LogP contribution < -0.4 is 15.5 Å². The van der Waals surface area contributed by atoms with Crippen LogP contribution in [0.1, 0.15) is 37.3 Å². The Morgan fingerprint density at radius 1 is 1.32 bits per heavy atom. The average Bonchev–Trinajstić information content (AvgIpc) is 3.03. The lowest BCUT2D eigenvalue weighted by Gasteiger charge is -2.27. The number of nitrogens with zero attached hydrogens (tertiary/aromatic N) is 2. The van der Waals surface area contributed by atoms with E-state index in [0.29, 0.717) is 6.04 Å². The van der Waals surface area contributed by atoms with Crippen molar-refractivity contribution in [3.05, 3.63) is 23.8 Å². The molecule has 1 aromatic rings. The molecule has 1 saturated carbocycles. The Bertz CT molecular complexity index is 508. The van der Waals surface area contributed by atoms with Gasteiger partial charge in [-0.25, -0.2) is 0 Å². The fraction of sp³-hybridized carbons (Fsp3) is 0.533. The van der Waals surface area contributed by atoms with Crippen molar-refractivity contribution >= 4 is 17.3 Å². The van der Waals surface area contributed by atoms with Crippen LogP contribution in [0.4, 0.5) is 11.4 Å². The molecule has 0 bridgehead atoms. The fourth-order valence-corrected chi connectivity index (χ4v) is 3.27. The summed E-state index contributed by atoms with van der Waals surface area (Å²) in [7, 11) is 3.95. The standard InChI is InChI=1S/C15H21N3O/c1-17(10-5-3-4-6-10)11-7-8-12-13(9-11)18(2)15(19)14(12)16/h7-10,14H,3-6,16H2,1-2H3. The SMILES string of the molecule is CN1C(=O)C(N)c2ccc(N(C)C3CCCC3)cc21. The number of likely N-dealkylation sites (N-methyl/N-ethyl adjacent to an activating group) is 1. The third kappa shape index (κ3) is 1.91. The van der Waals surface area contributed by atoms with Gasteiger partial charge in [0.25, 0.3) is 0 Å². The predicted octanol–water partition coefficient (Wildman–Crippen LogP) is 2.04. The Balaban J connectivity index is 1.92. The molecule has 0 saturated heterocycles. The highest BCUT2D eigenvalue weighted by molar-refractivity contribution is 6.04. The van der Waals surface area contributed by atoms with Crippen molar-refractivity contribution in [1.29, 1.82) is 0 Å². The molecule has 2 N–H and O–H groups in total. The van der Waals surface area contributed by atoms with Crippen LogP contribution in [-0.4, -0.2) is 26.0 Å². The second-order valence-corrected chi connectivity index (χ2v) is 5.67. The molecule has 0 aromatic heterocycles. The Morgan fingerprint density at radius 3 is 2.68 bits per heavy atom. The van der Waals surface area contributed by atoms with Crippen molar-refractivity contribution in [3.63, 3.8) is 0 Å². The largest absolute Gasteiger partial charge is 0.372 e. The Labute approximate surface area is 114 Å². The summed E-state index contributed by atoms with van der Waals surface area (Å²) in [6, 6.07) is 6.32. The Morgan fingerprint density at radius 2 is 2.00 bits per heavy atom. The van der Waals surface area contributed by atoms with Crippen LogP contribution >= 0.6 is 0 Å². The molecule has 1 atom stereocenters. The van der Waals surface area contributed by atoms with E-state index in [2.05, 4.69) is 24.1 Å². The first-order valence-electron chi connectivity index (χ1n) is 6.99. The van der Waals surface area contributed by atoms with E-state index in [4.69, 9.17) is 5.73 Å². The molecule has 1 aromatic carbocycles. The molecule has 102 valence electrons. The van der Waals surface area contributed by atoms with Gasteiger partial charge >= 0.3 is 0 Å². The molecule has 1 amide bonds. The van der Waals surface area contributed by atoms with Gasteiger partial charge < -0.3 is 15.5 Å². The van der Waals surface area contributed by atoms with E-state index in [1.165, 1.54) is 31.4 Å². The van der Waals surface area contributed by atoms with Crippen molar-refractivity contribution in [1.82, 2.24) is 0 Å². The Kier molecular flexibility index (Phi) is 2.97. The predicted molar refractivity (Wildman–Crippen MR) is 77.4 cm³/mol. The maximum atomic E-state index is 11.9. The van der Waals surface area contributed by atoms with E-state index >= 15 is 0 Å². The van der Waals surface area contributed by atoms with E-state index in [1.54, 1.807) is 11.9 Å². The number of carbonyl (C=O) groups is 1. The maximum Gasteiger partial charge on any atom is 0.248 e. The summed E-state index contributed by atoms with van der Waals surface area (Å²) in [6.45, 7) is 0. The van der Waals surface area contributed by atoms with Gasteiger partial charge in [0.2, 0.25) is 5.91 Å². The normalized spacial score (nSPS) is 23.0. The monoisotopic (exact) mass is 259 g/mol. The van der Waals surface area contributed by atoms with Gasteiger partial charge in [-0.05, 0) is 25.0 Å². The molecule has 4 heteroatoms. The van der Waals surface area contributed by atoms with Crippen LogP contribution in [0.2, 0.25) is 0 Å². The third-order valence-corrected chi connectivity index (χ3v) is 4.59. The highest BCUT2D eigenvalue weighted by Gasteiger charge is 2.33. The van der Waals surface area contributed by atoms with Gasteiger partial charge in [-0.1, -0.05) is 18.9 Å². The summed E-state index contributed by atoms with van der Waals surface area (Å²) in [5.41, 5.74) is 9.00. The zero-order valence-electron chi connectivity index (χ0n) is 11.6. The summed E-state index contributed by atoms with van der Waals surface area (Å²) >= 11 is 0. The third-order valence-electron chi connectivity index (χ3n) is 4.59. The minimum absolute atomic E-state index is 0.0179. The maximum absolute atomic E-state index is 11.9. The van der Waals surface area contributed by atoms with E-state index in [9.17, 15) is 4.79 Å². The van der Waals surface area contributed by atoms with Crippen molar-refractivity contribution in [3.8, 4) is 0 Å². The summed E-state index contributed by atoms with van der Waals surface area (Å²) in [4.78, 5) is 15.9. The molecular weight excluding hydrogens is 238 g/mol. The number of rotatable bonds is 2. The van der Waals surface area contributed by atoms with Gasteiger partial charge in [0.05, 0.1) is 5.69 Å². The summed E-state index contributed by atoms with van der Waals surface area (Å²) in [5, 5.41) is 0. The number of nitrogens with two attached hydrogens (primary N) is 1. The molecule has 0 radical (unpaired) electrons. The highest BCUT2D eigenvalue weighted by atomic mass is 16.2. The van der Waals surface area contributed by atoms with Crippen LogP contribution in [-0.2, 0) is 4.79 Å². The van der Waals surface area contributed by atoms with E-state index < -0.39 is 6.04 Å². The number of hydrogen-bond donors (Lipinski definition) is 1. The molecule has 1 aliphatic carbocycles. The van der Waals surface area contributed by atoms with Gasteiger partial charge in [0.1, 0.15) is 6.04 Å². The zero-order valence-corrected chi connectivity index (χ0v) is 11.6. The molecule has 2 aliphatic rings. The molecule has 1 fully saturated rings. The van der Waals surface area contributed by atoms with E-state index in [0.717, 1.165) is 11.3 Å². The molecule has 1 unspecified atom stereocenters. The first-order valence-corrected chi connectivity index (χ1v) is 6.99. The van der Waals surface area contributed by atoms with Gasteiger partial charge in [-0.2, -0.15) is 0 Å². The summed E-state index contributed by atoms with van der Waals surface area (Å²) < 4.78 is 0. The molecule has 1 heterocycles. The van der Waals surface area contributed by atoms with E-state index in [1.807, 2.05) is 6.07 Å². The van der Waals surface area contributed by atoms with Gasteiger partial charge in [-0.15, -0.1) is 0 Å². The quantitative estimate of drug-likeness (QED) is 0.884. The smallest absolute Gasteiger partial charge is 0.248 e. The lowest BCUT2D eigenvalue weighted by atomic mass is 10.1. The average molecular weight is 259 g/mol. The second-order valence-electron chi connectivity index (χ2n) is 5.67. The van der Waals surface area contributed by atoms with Crippen molar-refractivity contribution < 1.29 is 4.79 Å². The summed E-state index contributed by atoms with van der Waals surface area (Å²) in [5.74, 6) is -0.0179. The number of benzene rings is 1. The van der Waals surface area contributed by atoms with Gasteiger partial charge in [-0.3, -0.25) is 4.79 Å². The minimum Gasteiger partial charge on any atom is -0.372 e. The fourth-order valence-electron chi connectivity index (χ4n) is 3.27. The number of carbonyl (C=O) groups excluding carboxylic acids is 1. The number of fused-ring (bicyclic) bond motifs is 1. The highest BCUT2D eigenvalue weighted by Crippen LogP contribution is 2.37. The van der Waals surface area contributed by atoms with Crippen molar-refractivity contribution in [2.45, 2.75) is 37.8 Å². The number of anilines is 2. The molecule has 4 nitrogen and oxygen atoms in total. The van der Waals surface area contributed by atoms with Crippen LogP contribution in [0.25, 0.3) is 0 Å². The first-order chi connectivity index (χ1) is 9.09. The van der Waals surface area contributed by atoms with Crippen LogP contribution in [0.3, 0.4) is 0 Å². The molecule has 19 heavy (non-hydrogen) atoms. The van der Waals surface area contributed by atoms with Crippen molar-refractivity contribution in [2.75, 3.05) is 23.9 Å². The molecule has 0 spiro atoms. The van der Waals surface area contributed by atoms with Crippen molar-refractivity contribution in [2.24, 2.45) is 5.73 Å². The van der Waals surface area contributed by atoms with Crippen LogP contribution in [0.5, 0.6) is 0 Å². The van der Waals surface area contributed by atoms with Crippen LogP contribution in [0, 0.1) is 0 Å². The topological polar surface area (TPSA) is 49.6 Å². The lowest BCUT2D eigenvalue weighted by molar-refractivity contribution is -0.118. The zero-order chi connectivity index (χ0) is 13.6. The molecular formula is C15H21N3O. The van der Waals surface area contributed by atoms with E-state index in [-0.39, 0.29) is 5.91 Å². The first kappa shape index (κ1) is 12.5.